The average molecular weight is 361 g/mol. The second-order valence-corrected chi connectivity index (χ2v) is 8.79. The van der Waals surface area contributed by atoms with Crippen LogP contribution < -0.4 is 0 Å². The van der Waals surface area contributed by atoms with Crippen molar-refractivity contribution in [1.29, 1.82) is 0 Å². The van der Waals surface area contributed by atoms with E-state index in [9.17, 15) is 0 Å². The minimum atomic E-state index is 1.03. The van der Waals surface area contributed by atoms with Gasteiger partial charge in [-0.15, -0.1) is 0 Å². The van der Waals surface area contributed by atoms with Crippen molar-refractivity contribution in [3.8, 4) is 0 Å². The van der Waals surface area contributed by atoms with Crippen LogP contribution in [0.25, 0.3) is 0 Å². The molecule has 130 valence electrons. The lowest BCUT2D eigenvalue weighted by atomic mass is 10.2. The van der Waals surface area contributed by atoms with Crippen LogP contribution in [0.5, 0.6) is 0 Å². The molecule has 0 fully saturated rings. The van der Waals surface area contributed by atoms with E-state index in [-0.39, 0.29) is 0 Å². The third-order valence-corrected chi connectivity index (χ3v) is 6.15. The third-order valence-electron chi connectivity index (χ3n) is 3.79. The highest BCUT2D eigenvalue weighted by Gasteiger charge is 2.02. The summed E-state index contributed by atoms with van der Waals surface area (Å²) in [6, 6.07) is 21.4. The van der Waals surface area contributed by atoms with Crippen molar-refractivity contribution in [3.05, 3.63) is 71.8 Å². The van der Waals surface area contributed by atoms with Crippen LogP contribution in [-0.2, 0) is 13.1 Å². The monoisotopic (exact) mass is 360 g/mol. The van der Waals surface area contributed by atoms with Crippen molar-refractivity contribution in [2.24, 2.45) is 0 Å². The van der Waals surface area contributed by atoms with Gasteiger partial charge in [0.25, 0.3) is 0 Å². The predicted octanol–water partition coefficient (Wildman–Crippen LogP) is 4.63. The SMILES string of the molecule is CN(CCSSCCN(C)Cc1ccccc1)Cc1ccccc1. The van der Waals surface area contributed by atoms with Crippen LogP contribution in [0.2, 0.25) is 0 Å². The van der Waals surface area contributed by atoms with E-state index in [1.807, 2.05) is 21.6 Å². The Hall–Kier alpha value is -0.940. The zero-order valence-electron chi connectivity index (χ0n) is 14.7. The van der Waals surface area contributed by atoms with Gasteiger partial charge in [-0.05, 0) is 25.2 Å². The molecule has 0 aromatic heterocycles. The molecular weight excluding hydrogens is 332 g/mol. The van der Waals surface area contributed by atoms with Crippen LogP contribution in [0.15, 0.2) is 60.7 Å². The molecule has 0 aliphatic heterocycles. The molecule has 0 aliphatic carbocycles. The Morgan fingerprint density at radius 3 is 1.38 bits per heavy atom. The standard InChI is InChI=1S/C20H28N2S2/c1-21(17-19-9-5-3-6-10-19)13-15-23-24-16-14-22(2)18-20-11-7-4-8-12-20/h3-12H,13-18H2,1-2H3. The largest absolute Gasteiger partial charge is 0.301 e. The normalized spacial score (nSPS) is 11.3. The van der Waals surface area contributed by atoms with Gasteiger partial charge in [0.1, 0.15) is 0 Å². The Bertz CT molecular complexity index is 497. The number of hydrogen-bond donors (Lipinski definition) is 0. The van der Waals surface area contributed by atoms with Gasteiger partial charge in [-0.3, -0.25) is 0 Å². The molecule has 0 saturated heterocycles. The summed E-state index contributed by atoms with van der Waals surface area (Å²) in [6.45, 7) is 4.33. The molecule has 24 heavy (non-hydrogen) atoms. The van der Waals surface area contributed by atoms with Gasteiger partial charge in [-0.25, -0.2) is 0 Å². The molecule has 0 heterocycles. The van der Waals surface area contributed by atoms with Gasteiger partial charge in [0.15, 0.2) is 0 Å². The number of rotatable bonds is 11. The summed E-state index contributed by atoms with van der Waals surface area (Å²) < 4.78 is 0. The Morgan fingerprint density at radius 1 is 0.625 bits per heavy atom. The molecule has 2 aromatic rings. The van der Waals surface area contributed by atoms with Crippen molar-refractivity contribution in [1.82, 2.24) is 9.80 Å². The highest BCUT2D eigenvalue weighted by atomic mass is 33.1. The van der Waals surface area contributed by atoms with Gasteiger partial charge in [0.05, 0.1) is 0 Å². The van der Waals surface area contributed by atoms with Crippen molar-refractivity contribution >= 4 is 21.6 Å². The van der Waals surface area contributed by atoms with E-state index in [0.717, 1.165) is 26.2 Å². The van der Waals surface area contributed by atoms with Crippen LogP contribution in [0, 0.1) is 0 Å². The third kappa shape index (κ3) is 8.25. The maximum atomic E-state index is 2.39. The summed E-state index contributed by atoms with van der Waals surface area (Å²) in [5.74, 6) is 2.35. The van der Waals surface area contributed by atoms with Crippen molar-refractivity contribution in [2.45, 2.75) is 13.1 Å². The predicted molar refractivity (Wildman–Crippen MR) is 110 cm³/mol. The second kappa shape index (κ2) is 11.6. The van der Waals surface area contributed by atoms with E-state index in [1.165, 1.54) is 22.6 Å². The Morgan fingerprint density at radius 2 is 1.00 bits per heavy atom. The lowest BCUT2D eigenvalue weighted by Crippen LogP contribution is -2.21. The molecule has 2 rings (SSSR count). The molecule has 0 spiro atoms. The van der Waals surface area contributed by atoms with E-state index in [0.29, 0.717) is 0 Å². The first-order valence-electron chi connectivity index (χ1n) is 8.43. The van der Waals surface area contributed by atoms with Gasteiger partial charge in [-0.1, -0.05) is 82.3 Å². The number of hydrogen-bond acceptors (Lipinski definition) is 4. The van der Waals surface area contributed by atoms with Crippen molar-refractivity contribution in [2.75, 3.05) is 38.7 Å². The molecule has 0 amide bonds. The van der Waals surface area contributed by atoms with Gasteiger partial charge in [0, 0.05) is 37.7 Å². The first-order valence-corrected chi connectivity index (χ1v) is 10.9. The zero-order valence-corrected chi connectivity index (χ0v) is 16.4. The fraction of sp³-hybridized carbons (Fsp3) is 0.400. The lowest BCUT2D eigenvalue weighted by Gasteiger charge is -2.17. The molecule has 0 saturated carbocycles. The fourth-order valence-electron chi connectivity index (χ4n) is 2.45. The molecular formula is C20H28N2S2. The summed E-state index contributed by atoms with van der Waals surface area (Å²) in [5, 5.41) is 0. The van der Waals surface area contributed by atoms with E-state index >= 15 is 0 Å². The van der Waals surface area contributed by atoms with E-state index in [1.54, 1.807) is 0 Å². The van der Waals surface area contributed by atoms with Gasteiger partial charge < -0.3 is 9.80 Å². The maximum Gasteiger partial charge on any atom is 0.0231 e. The Balaban J connectivity index is 1.49. The van der Waals surface area contributed by atoms with Crippen LogP contribution >= 0.6 is 21.6 Å². The quantitative estimate of drug-likeness (QED) is 0.425. The highest BCUT2D eigenvalue weighted by molar-refractivity contribution is 8.76. The summed E-state index contributed by atoms with van der Waals surface area (Å²) >= 11 is 0. The minimum absolute atomic E-state index is 1.03. The second-order valence-electron chi connectivity index (χ2n) is 6.09. The molecule has 2 nitrogen and oxygen atoms in total. The average Bonchev–Trinajstić information content (AvgIpc) is 2.60. The molecule has 0 radical (unpaired) electrons. The topological polar surface area (TPSA) is 6.48 Å². The lowest BCUT2D eigenvalue weighted by molar-refractivity contribution is 0.348. The van der Waals surface area contributed by atoms with Gasteiger partial charge in [-0.2, -0.15) is 0 Å². The number of benzene rings is 2. The van der Waals surface area contributed by atoms with Crippen LogP contribution in [0.3, 0.4) is 0 Å². The maximum absolute atomic E-state index is 2.39. The first-order chi connectivity index (χ1) is 11.7. The first kappa shape index (κ1) is 19.4. The Labute approximate surface area is 155 Å². The van der Waals surface area contributed by atoms with Crippen LogP contribution in [0.4, 0.5) is 0 Å². The molecule has 2 aromatic carbocycles. The van der Waals surface area contributed by atoms with Crippen LogP contribution in [-0.4, -0.2) is 48.5 Å². The molecule has 0 unspecified atom stereocenters. The minimum Gasteiger partial charge on any atom is -0.301 e. The summed E-state index contributed by atoms with van der Waals surface area (Å²) in [4.78, 5) is 4.79. The van der Waals surface area contributed by atoms with E-state index in [2.05, 4.69) is 84.6 Å². The van der Waals surface area contributed by atoms with Crippen molar-refractivity contribution < 1.29 is 0 Å². The van der Waals surface area contributed by atoms with Crippen molar-refractivity contribution in [3.63, 3.8) is 0 Å². The highest BCUT2D eigenvalue weighted by Crippen LogP contribution is 2.21. The molecule has 0 aliphatic rings. The smallest absolute Gasteiger partial charge is 0.0231 e. The Kier molecular flexibility index (Phi) is 9.36. The summed E-state index contributed by atoms with van der Waals surface area (Å²) in [7, 11) is 8.38. The van der Waals surface area contributed by atoms with Gasteiger partial charge >= 0.3 is 0 Å². The molecule has 4 heteroatoms. The van der Waals surface area contributed by atoms with Crippen LogP contribution in [0.1, 0.15) is 11.1 Å². The summed E-state index contributed by atoms with van der Waals surface area (Å²) in [6.07, 6.45) is 0. The zero-order chi connectivity index (χ0) is 17.0. The molecule has 0 N–H and O–H groups in total. The van der Waals surface area contributed by atoms with Gasteiger partial charge in [0.2, 0.25) is 0 Å². The molecule has 0 atom stereocenters. The van der Waals surface area contributed by atoms with E-state index < -0.39 is 0 Å². The number of nitrogens with zero attached hydrogens (tertiary/aromatic N) is 2. The molecule has 0 bridgehead atoms. The fourth-order valence-corrected chi connectivity index (χ4v) is 4.61. The summed E-state index contributed by atoms with van der Waals surface area (Å²) in [5.41, 5.74) is 2.78. The van der Waals surface area contributed by atoms with E-state index in [4.69, 9.17) is 0 Å².